The summed E-state index contributed by atoms with van der Waals surface area (Å²) in [6.07, 6.45) is 4.81. The van der Waals surface area contributed by atoms with Crippen LogP contribution in [0.15, 0.2) is 39.7 Å². The maximum absolute atomic E-state index is 12.1. The Kier molecular flexibility index (Phi) is 4.92. The molecule has 0 saturated carbocycles. The molecule has 134 valence electrons. The van der Waals surface area contributed by atoms with Crippen LogP contribution in [0.25, 0.3) is 11.4 Å². The maximum Gasteiger partial charge on any atom is 0.227 e. The van der Waals surface area contributed by atoms with Gasteiger partial charge in [0.2, 0.25) is 17.6 Å². The van der Waals surface area contributed by atoms with Crippen LogP contribution in [0, 0.1) is 0 Å². The van der Waals surface area contributed by atoms with Gasteiger partial charge < -0.3 is 14.7 Å². The van der Waals surface area contributed by atoms with Gasteiger partial charge in [-0.3, -0.25) is 4.79 Å². The first kappa shape index (κ1) is 16.7. The van der Waals surface area contributed by atoms with E-state index in [4.69, 9.17) is 4.52 Å². The molecule has 0 radical (unpaired) electrons. The molecule has 1 amide bonds. The van der Waals surface area contributed by atoms with Gasteiger partial charge in [-0.1, -0.05) is 5.16 Å². The van der Waals surface area contributed by atoms with Crippen LogP contribution in [-0.4, -0.2) is 34.1 Å². The third kappa shape index (κ3) is 3.91. The zero-order valence-corrected chi connectivity index (χ0v) is 15.0. The zero-order chi connectivity index (χ0) is 17.8. The predicted molar refractivity (Wildman–Crippen MR) is 100 cm³/mol. The van der Waals surface area contributed by atoms with Crippen molar-refractivity contribution in [1.82, 2.24) is 15.1 Å². The van der Waals surface area contributed by atoms with Gasteiger partial charge in [0, 0.05) is 36.9 Å². The summed E-state index contributed by atoms with van der Waals surface area (Å²) in [5.74, 6) is 1.88. The van der Waals surface area contributed by atoms with Crippen molar-refractivity contribution in [3.63, 3.8) is 0 Å². The van der Waals surface area contributed by atoms with Gasteiger partial charge in [0.1, 0.15) is 5.82 Å². The van der Waals surface area contributed by atoms with Gasteiger partial charge in [-0.25, -0.2) is 4.98 Å². The summed E-state index contributed by atoms with van der Waals surface area (Å²) in [6.45, 7) is 2.10. The molecule has 0 aromatic carbocycles. The number of aromatic nitrogens is 3. The monoisotopic (exact) mass is 369 g/mol. The third-order valence-electron chi connectivity index (χ3n) is 4.28. The van der Waals surface area contributed by atoms with E-state index in [1.54, 1.807) is 17.5 Å². The summed E-state index contributed by atoms with van der Waals surface area (Å²) in [7, 11) is 0. The largest absolute Gasteiger partial charge is 0.357 e. The Morgan fingerprint density at radius 3 is 2.88 bits per heavy atom. The van der Waals surface area contributed by atoms with Crippen LogP contribution in [0.4, 0.5) is 11.5 Å². The van der Waals surface area contributed by atoms with E-state index in [0.29, 0.717) is 23.8 Å². The molecular formula is C18H19N5O2S. The minimum Gasteiger partial charge on any atom is -0.357 e. The second kappa shape index (κ2) is 7.65. The number of thiophene rings is 1. The van der Waals surface area contributed by atoms with Crippen molar-refractivity contribution in [1.29, 1.82) is 0 Å². The SMILES string of the molecule is O=C(CCc1nc(-c2ccsc2)no1)Nc1ccc(N2CCCC2)nc1. The predicted octanol–water partition coefficient (Wildman–Crippen LogP) is 3.36. The van der Waals surface area contributed by atoms with Gasteiger partial charge in [-0.15, -0.1) is 0 Å². The molecule has 0 spiro atoms. The quantitative estimate of drug-likeness (QED) is 0.717. The number of nitrogens with zero attached hydrogens (tertiary/aromatic N) is 4. The number of amides is 1. The third-order valence-corrected chi connectivity index (χ3v) is 4.96. The van der Waals surface area contributed by atoms with Gasteiger partial charge in [-0.2, -0.15) is 16.3 Å². The summed E-state index contributed by atoms with van der Waals surface area (Å²) in [5.41, 5.74) is 1.63. The molecule has 1 N–H and O–H groups in total. The first-order valence-electron chi connectivity index (χ1n) is 8.64. The molecule has 3 aromatic rings. The van der Waals surface area contributed by atoms with E-state index in [0.717, 1.165) is 24.5 Å². The standard InChI is InChI=1S/C18H19N5O2S/c24-16(5-6-17-21-18(22-25-17)13-7-10-26-12-13)20-14-3-4-15(19-11-14)23-8-1-2-9-23/h3-4,7,10-12H,1-2,5-6,8-9H2,(H,20,24). The Hall–Kier alpha value is -2.74. The van der Waals surface area contributed by atoms with Crippen LogP contribution < -0.4 is 10.2 Å². The van der Waals surface area contributed by atoms with Gasteiger partial charge in [0.05, 0.1) is 11.9 Å². The molecule has 0 unspecified atom stereocenters. The highest BCUT2D eigenvalue weighted by molar-refractivity contribution is 7.08. The fourth-order valence-electron chi connectivity index (χ4n) is 2.90. The second-order valence-corrected chi connectivity index (χ2v) is 6.95. The minimum atomic E-state index is -0.101. The molecule has 7 nitrogen and oxygen atoms in total. The Morgan fingerprint density at radius 1 is 1.27 bits per heavy atom. The number of rotatable bonds is 6. The van der Waals surface area contributed by atoms with Crippen molar-refractivity contribution in [2.75, 3.05) is 23.3 Å². The van der Waals surface area contributed by atoms with Gasteiger partial charge >= 0.3 is 0 Å². The summed E-state index contributed by atoms with van der Waals surface area (Å²) in [5, 5.41) is 10.7. The molecule has 4 rings (SSSR count). The summed E-state index contributed by atoms with van der Waals surface area (Å²) in [6, 6.07) is 5.77. The molecule has 1 aliphatic rings. The topological polar surface area (TPSA) is 84.1 Å². The van der Waals surface area contributed by atoms with E-state index in [2.05, 4.69) is 25.3 Å². The zero-order valence-electron chi connectivity index (χ0n) is 14.2. The fraction of sp³-hybridized carbons (Fsp3) is 0.333. The highest BCUT2D eigenvalue weighted by atomic mass is 32.1. The fourth-order valence-corrected chi connectivity index (χ4v) is 3.54. The molecule has 1 saturated heterocycles. The first-order valence-corrected chi connectivity index (χ1v) is 9.58. The Balaban J connectivity index is 1.28. The van der Waals surface area contributed by atoms with Crippen LogP contribution in [0.5, 0.6) is 0 Å². The smallest absolute Gasteiger partial charge is 0.227 e. The molecule has 0 atom stereocenters. The van der Waals surface area contributed by atoms with Crippen LogP contribution in [-0.2, 0) is 11.2 Å². The molecule has 0 bridgehead atoms. The average Bonchev–Trinajstić information content (AvgIpc) is 3.42. The van der Waals surface area contributed by atoms with Crippen LogP contribution in [0.3, 0.4) is 0 Å². The lowest BCUT2D eigenvalue weighted by molar-refractivity contribution is -0.116. The lowest BCUT2D eigenvalue weighted by atomic mass is 10.3. The number of pyridine rings is 1. The number of aryl methyl sites for hydroxylation is 1. The molecule has 26 heavy (non-hydrogen) atoms. The van der Waals surface area contributed by atoms with E-state index in [-0.39, 0.29) is 12.3 Å². The lowest BCUT2D eigenvalue weighted by Crippen LogP contribution is -2.19. The Morgan fingerprint density at radius 2 is 2.15 bits per heavy atom. The molecule has 0 aliphatic carbocycles. The molecular weight excluding hydrogens is 350 g/mol. The molecule has 8 heteroatoms. The number of anilines is 2. The van der Waals surface area contributed by atoms with E-state index in [1.807, 2.05) is 29.0 Å². The number of hydrogen-bond acceptors (Lipinski definition) is 7. The van der Waals surface area contributed by atoms with Crippen molar-refractivity contribution in [3.8, 4) is 11.4 Å². The molecule has 4 heterocycles. The number of hydrogen-bond donors (Lipinski definition) is 1. The van der Waals surface area contributed by atoms with Gasteiger partial charge in [0.25, 0.3) is 0 Å². The van der Waals surface area contributed by atoms with E-state index >= 15 is 0 Å². The van der Waals surface area contributed by atoms with Crippen LogP contribution in [0.1, 0.15) is 25.2 Å². The second-order valence-electron chi connectivity index (χ2n) is 6.17. The summed E-state index contributed by atoms with van der Waals surface area (Å²) >= 11 is 1.58. The highest BCUT2D eigenvalue weighted by Gasteiger charge is 2.14. The van der Waals surface area contributed by atoms with Crippen molar-refractivity contribution in [3.05, 3.63) is 41.0 Å². The lowest BCUT2D eigenvalue weighted by Gasteiger charge is -2.16. The minimum absolute atomic E-state index is 0.101. The molecule has 1 aliphatic heterocycles. The summed E-state index contributed by atoms with van der Waals surface area (Å²) < 4.78 is 5.21. The number of carbonyl (C=O) groups is 1. The first-order chi connectivity index (χ1) is 12.8. The van der Waals surface area contributed by atoms with Crippen molar-refractivity contribution in [2.24, 2.45) is 0 Å². The maximum atomic E-state index is 12.1. The Bertz CT molecular complexity index is 854. The van der Waals surface area contributed by atoms with E-state index in [1.165, 1.54) is 12.8 Å². The Labute approximate surface area is 155 Å². The summed E-state index contributed by atoms with van der Waals surface area (Å²) in [4.78, 5) is 23.1. The molecule has 1 fully saturated rings. The van der Waals surface area contributed by atoms with Crippen molar-refractivity contribution in [2.45, 2.75) is 25.7 Å². The highest BCUT2D eigenvalue weighted by Crippen LogP contribution is 2.20. The van der Waals surface area contributed by atoms with E-state index < -0.39 is 0 Å². The van der Waals surface area contributed by atoms with Crippen LogP contribution in [0.2, 0.25) is 0 Å². The van der Waals surface area contributed by atoms with E-state index in [9.17, 15) is 4.79 Å². The van der Waals surface area contributed by atoms with Crippen LogP contribution >= 0.6 is 11.3 Å². The molecule has 3 aromatic heterocycles. The number of nitrogens with one attached hydrogen (secondary N) is 1. The van der Waals surface area contributed by atoms with Crippen molar-refractivity contribution >= 4 is 28.7 Å². The van der Waals surface area contributed by atoms with Gasteiger partial charge in [0.15, 0.2) is 0 Å². The average molecular weight is 369 g/mol. The number of carbonyl (C=O) groups excluding carboxylic acids is 1. The van der Waals surface area contributed by atoms with Crippen molar-refractivity contribution < 1.29 is 9.32 Å². The normalized spacial score (nSPS) is 13.9. The van der Waals surface area contributed by atoms with Gasteiger partial charge in [-0.05, 0) is 36.4 Å².